The first kappa shape index (κ1) is 16.1. The molecule has 0 saturated heterocycles. The van der Waals surface area contributed by atoms with Gasteiger partial charge >= 0.3 is 0 Å². The van der Waals surface area contributed by atoms with Gasteiger partial charge in [-0.2, -0.15) is 4.31 Å². The Balaban J connectivity index is 2.22. The number of thiophene rings is 1. The van der Waals surface area contributed by atoms with Crippen molar-refractivity contribution in [1.29, 1.82) is 0 Å². The summed E-state index contributed by atoms with van der Waals surface area (Å²) < 4.78 is 27.2. The highest BCUT2D eigenvalue weighted by atomic mass is 32.2. The maximum atomic E-state index is 12.7. The first-order chi connectivity index (χ1) is 10.1. The van der Waals surface area contributed by atoms with E-state index in [2.05, 4.69) is 10.3 Å². The number of nitrogens with one attached hydrogen (secondary N) is 1. The minimum absolute atomic E-state index is 0.291. The second kappa shape index (κ2) is 7.13. The van der Waals surface area contributed by atoms with Gasteiger partial charge in [-0.3, -0.25) is 4.98 Å². The molecule has 7 heteroatoms. The molecule has 2 heterocycles. The molecule has 21 heavy (non-hydrogen) atoms. The quantitative estimate of drug-likeness (QED) is 0.846. The lowest BCUT2D eigenvalue weighted by atomic mass is 10.3. The summed E-state index contributed by atoms with van der Waals surface area (Å²) in [4.78, 5) is 5.20. The van der Waals surface area contributed by atoms with Gasteiger partial charge in [0, 0.05) is 24.2 Å². The largest absolute Gasteiger partial charge is 0.315 e. The summed E-state index contributed by atoms with van der Waals surface area (Å²) in [7, 11) is -1.62. The SMILES string of the molecule is CCN(Cc1ccccn1)S(=O)(=O)c1ccc(CNC)s1. The van der Waals surface area contributed by atoms with E-state index in [1.807, 2.05) is 38.2 Å². The molecule has 0 aliphatic carbocycles. The van der Waals surface area contributed by atoms with E-state index >= 15 is 0 Å². The molecule has 0 saturated carbocycles. The van der Waals surface area contributed by atoms with E-state index in [1.54, 1.807) is 12.3 Å². The predicted octanol–water partition coefficient (Wildman–Crippen LogP) is 2.07. The van der Waals surface area contributed by atoms with Gasteiger partial charge in [-0.05, 0) is 31.3 Å². The Bertz CT molecular complexity index is 669. The van der Waals surface area contributed by atoms with Crippen molar-refractivity contribution in [2.45, 2.75) is 24.2 Å². The second-order valence-electron chi connectivity index (χ2n) is 4.50. The maximum Gasteiger partial charge on any atom is 0.252 e. The summed E-state index contributed by atoms with van der Waals surface area (Å²) in [6, 6.07) is 9.03. The fourth-order valence-corrected chi connectivity index (χ4v) is 4.87. The Morgan fingerprint density at radius 3 is 2.71 bits per heavy atom. The average molecular weight is 325 g/mol. The first-order valence-corrected chi connectivity index (χ1v) is 8.97. The highest BCUT2D eigenvalue weighted by Gasteiger charge is 2.25. The third-order valence-electron chi connectivity index (χ3n) is 3.00. The number of aromatic nitrogens is 1. The van der Waals surface area contributed by atoms with Gasteiger partial charge in [0.1, 0.15) is 4.21 Å². The minimum atomic E-state index is -3.46. The summed E-state index contributed by atoms with van der Waals surface area (Å²) in [6.07, 6.45) is 1.67. The average Bonchev–Trinajstić information content (AvgIpc) is 2.95. The monoisotopic (exact) mass is 325 g/mol. The van der Waals surface area contributed by atoms with Crippen molar-refractivity contribution in [1.82, 2.24) is 14.6 Å². The van der Waals surface area contributed by atoms with Gasteiger partial charge < -0.3 is 5.32 Å². The van der Waals surface area contributed by atoms with E-state index in [-0.39, 0.29) is 0 Å². The summed E-state index contributed by atoms with van der Waals surface area (Å²) >= 11 is 1.31. The molecule has 0 radical (unpaired) electrons. The molecule has 114 valence electrons. The molecule has 0 unspecified atom stereocenters. The van der Waals surface area contributed by atoms with Gasteiger partial charge in [0.25, 0.3) is 10.0 Å². The van der Waals surface area contributed by atoms with Gasteiger partial charge in [-0.15, -0.1) is 11.3 Å². The molecule has 2 aromatic heterocycles. The standard InChI is InChI=1S/C14H19N3O2S2/c1-3-17(11-12-6-4-5-9-16-12)21(18,19)14-8-7-13(20-14)10-15-2/h4-9,15H,3,10-11H2,1-2H3. The van der Waals surface area contributed by atoms with E-state index in [0.717, 1.165) is 10.6 Å². The fourth-order valence-electron chi connectivity index (χ4n) is 1.93. The lowest BCUT2D eigenvalue weighted by Gasteiger charge is -2.19. The van der Waals surface area contributed by atoms with Crippen LogP contribution in [0.15, 0.2) is 40.7 Å². The van der Waals surface area contributed by atoms with Gasteiger partial charge in [-0.25, -0.2) is 8.42 Å². The molecule has 2 aromatic rings. The molecule has 0 fully saturated rings. The molecular formula is C14H19N3O2S2. The molecule has 5 nitrogen and oxygen atoms in total. The van der Waals surface area contributed by atoms with E-state index in [4.69, 9.17) is 0 Å². The van der Waals surface area contributed by atoms with Gasteiger partial charge in [0.05, 0.1) is 12.2 Å². The zero-order valence-electron chi connectivity index (χ0n) is 12.1. The molecule has 2 rings (SSSR count). The zero-order chi connectivity index (χ0) is 15.3. The fraction of sp³-hybridized carbons (Fsp3) is 0.357. The molecule has 0 aliphatic heterocycles. The number of nitrogens with zero attached hydrogens (tertiary/aromatic N) is 2. The Labute approximate surface area is 129 Å². The molecule has 0 atom stereocenters. The zero-order valence-corrected chi connectivity index (χ0v) is 13.7. The Morgan fingerprint density at radius 2 is 2.10 bits per heavy atom. The summed E-state index contributed by atoms with van der Waals surface area (Å²) in [5, 5.41) is 3.02. The van der Waals surface area contributed by atoms with Crippen LogP contribution in [-0.2, 0) is 23.1 Å². The number of sulfonamides is 1. The van der Waals surface area contributed by atoms with Crippen LogP contribution in [0.1, 0.15) is 17.5 Å². The van der Waals surface area contributed by atoms with E-state index in [1.165, 1.54) is 15.6 Å². The third kappa shape index (κ3) is 3.88. The lowest BCUT2D eigenvalue weighted by Crippen LogP contribution is -2.30. The first-order valence-electron chi connectivity index (χ1n) is 6.71. The Hall–Kier alpha value is -1.28. The summed E-state index contributed by atoms with van der Waals surface area (Å²) in [5.41, 5.74) is 0.745. The minimum Gasteiger partial charge on any atom is -0.315 e. The van der Waals surface area contributed by atoms with Crippen LogP contribution in [-0.4, -0.2) is 31.3 Å². The molecule has 1 N–H and O–H groups in total. The van der Waals surface area contributed by atoms with Crippen LogP contribution in [0.4, 0.5) is 0 Å². The number of pyridine rings is 1. The maximum absolute atomic E-state index is 12.7. The molecule has 0 amide bonds. The summed E-state index contributed by atoms with van der Waals surface area (Å²) in [6.45, 7) is 3.21. The number of rotatable bonds is 7. The molecule has 0 aliphatic rings. The van der Waals surface area contributed by atoms with Gasteiger partial charge in [-0.1, -0.05) is 13.0 Å². The molecule has 0 aromatic carbocycles. The Morgan fingerprint density at radius 1 is 1.29 bits per heavy atom. The van der Waals surface area contributed by atoms with Crippen LogP contribution in [0.25, 0.3) is 0 Å². The Kier molecular flexibility index (Phi) is 5.46. The van der Waals surface area contributed by atoms with Crippen molar-refractivity contribution in [3.05, 3.63) is 47.1 Å². The van der Waals surface area contributed by atoms with Crippen LogP contribution >= 0.6 is 11.3 Å². The van der Waals surface area contributed by atoms with Crippen LogP contribution in [0.3, 0.4) is 0 Å². The third-order valence-corrected chi connectivity index (χ3v) is 6.47. The van der Waals surface area contributed by atoms with Crippen molar-refractivity contribution >= 4 is 21.4 Å². The number of hydrogen-bond donors (Lipinski definition) is 1. The van der Waals surface area contributed by atoms with Gasteiger partial charge in [0.15, 0.2) is 0 Å². The van der Waals surface area contributed by atoms with Crippen molar-refractivity contribution in [2.24, 2.45) is 0 Å². The second-order valence-corrected chi connectivity index (χ2v) is 7.84. The van der Waals surface area contributed by atoms with Crippen molar-refractivity contribution in [3.8, 4) is 0 Å². The van der Waals surface area contributed by atoms with Crippen LogP contribution in [0.2, 0.25) is 0 Å². The van der Waals surface area contributed by atoms with E-state index in [0.29, 0.717) is 23.8 Å². The van der Waals surface area contributed by atoms with E-state index in [9.17, 15) is 8.42 Å². The molecule has 0 spiro atoms. The van der Waals surface area contributed by atoms with Crippen LogP contribution in [0, 0.1) is 0 Å². The molecular weight excluding hydrogens is 306 g/mol. The predicted molar refractivity (Wildman–Crippen MR) is 84.6 cm³/mol. The smallest absolute Gasteiger partial charge is 0.252 e. The van der Waals surface area contributed by atoms with Crippen LogP contribution in [0.5, 0.6) is 0 Å². The number of hydrogen-bond acceptors (Lipinski definition) is 5. The summed E-state index contributed by atoms with van der Waals surface area (Å²) in [5.74, 6) is 0. The normalized spacial score (nSPS) is 12.0. The van der Waals surface area contributed by atoms with Crippen LogP contribution < -0.4 is 5.32 Å². The van der Waals surface area contributed by atoms with Crippen molar-refractivity contribution in [3.63, 3.8) is 0 Å². The van der Waals surface area contributed by atoms with Crippen molar-refractivity contribution < 1.29 is 8.42 Å². The molecule has 0 bridgehead atoms. The highest BCUT2D eigenvalue weighted by molar-refractivity contribution is 7.91. The van der Waals surface area contributed by atoms with E-state index < -0.39 is 10.0 Å². The van der Waals surface area contributed by atoms with Gasteiger partial charge in [0.2, 0.25) is 0 Å². The topological polar surface area (TPSA) is 62.3 Å². The lowest BCUT2D eigenvalue weighted by molar-refractivity contribution is 0.420. The highest BCUT2D eigenvalue weighted by Crippen LogP contribution is 2.25. The van der Waals surface area contributed by atoms with Crippen molar-refractivity contribution in [2.75, 3.05) is 13.6 Å².